The Hall–Kier alpha value is -3.41. The lowest BCUT2D eigenvalue weighted by Gasteiger charge is -2.27. The van der Waals surface area contributed by atoms with Gasteiger partial charge in [0, 0.05) is 26.6 Å². The van der Waals surface area contributed by atoms with Gasteiger partial charge in [0.05, 0.1) is 24.0 Å². The van der Waals surface area contributed by atoms with Gasteiger partial charge in [-0.15, -0.1) is 0 Å². The van der Waals surface area contributed by atoms with Gasteiger partial charge in [-0.25, -0.2) is 0 Å². The van der Waals surface area contributed by atoms with E-state index in [1.807, 2.05) is 42.5 Å². The van der Waals surface area contributed by atoms with E-state index in [-0.39, 0.29) is 11.8 Å². The van der Waals surface area contributed by atoms with Crippen LogP contribution in [-0.4, -0.2) is 57.2 Å². The number of benzene rings is 2. The SMILES string of the molecule is CN1C(=O)CNc2ccc(-c3ccc(CC(C#N)NC(=O)[C@@H]4CNCCCO4)cc3)cc21. The highest BCUT2D eigenvalue weighted by atomic mass is 16.5. The molecule has 2 aromatic rings. The standard InChI is InChI=1S/C24H27N5O3/c1-29-21-12-18(7-8-20(21)27-15-23(29)30)17-5-3-16(4-6-17)11-19(13-25)28-24(31)22-14-26-9-2-10-32-22/h3-8,12,19,22,26-27H,2,9-11,14-15H2,1H3,(H,28,31)/t19?,22-/m0/s1. The zero-order valence-corrected chi connectivity index (χ0v) is 18.1. The molecule has 2 heterocycles. The van der Waals surface area contributed by atoms with Crippen molar-refractivity contribution in [3.8, 4) is 17.2 Å². The summed E-state index contributed by atoms with van der Waals surface area (Å²) >= 11 is 0. The number of anilines is 2. The maximum Gasteiger partial charge on any atom is 0.251 e. The zero-order valence-electron chi connectivity index (χ0n) is 18.1. The van der Waals surface area contributed by atoms with Gasteiger partial charge in [-0.2, -0.15) is 5.26 Å². The molecule has 3 N–H and O–H groups in total. The molecule has 8 nitrogen and oxygen atoms in total. The number of hydrogen-bond acceptors (Lipinski definition) is 6. The zero-order chi connectivity index (χ0) is 22.5. The Morgan fingerprint density at radius 3 is 2.84 bits per heavy atom. The van der Waals surface area contributed by atoms with Gasteiger partial charge in [-0.05, 0) is 41.8 Å². The van der Waals surface area contributed by atoms with Gasteiger partial charge in [0.25, 0.3) is 5.91 Å². The summed E-state index contributed by atoms with van der Waals surface area (Å²) in [6, 6.07) is 15.4. The van der Waals surface area contributed by atoms with E-state index in [0.29, 0.717) is 26.1 Å². The monoisotopic (exact) mass is 433 g/mol. The Bertz CT molecular complexity index is 1020. The van der Waals surface area contributed by atoms with Crippen molar-refractivity contribution >= 4 is 23.2 Å². The van der Waals surface area contributed by atoms with Gasteiger partial charge in [-0.3, -0.25) is 9.59 Å². The van der Waals surface area contributed by atoms with Crippen LogP contribution in [0.25, 0.3) is 11.1 Å². The normalized spacial score (nSPS) is 19.2. The molecule has 32 heavy (non-hydrogen) atoms. The van der Waals surface area contributed by atoms with Gasteiger partial charge < -0.3 is 25.6 Å². The van der Waals surface area contributed by atoms with Crippen LogP contribution in [0.4, 0.5) is 11.4 Å². The summed E-state index contributed by atoms with van der Waals surface area (Å²) in [5.41, 5.74) is 4.76. The molecule has 0 bridgehead atoms. The minimum Gasteiger partial charge on any atom is -0.374 e. The van der Waals surface area contributed by atoms with Crippen molar-refractivity contribution in [3.63, 3.8) is 0 Å². The summed E-state index contributed by atoms with van der Waals surface area (Å²) < 4.78 is 5.57. The van der Waals surface area contributed by atoms with Crippen LogP contribution in [0.5, 0.6) is 0 Å². The van der Waals surface area contributed by atoms with Crippen LogP contribution in [0, 0.1) is 11.3 Å². The third kappa shape index (κ3) is 4.90. The highest BCUT2D eigenvalue weighted by Gasteiger charge is 2.24. The molecule has 0 radical (unpaired) electrons. The maximum absolute atomic E-state index is 12.5. The topological polar surface area (TPSA) is 106 Å². The first-order chi connectivity index (χ1) is 15.5. The van der Waals surface area contributed by atoms with Crippen molar-refractivity contribution < 1.29 is 14.3 Å². The lowest BCUT2D eigenvalue weighted by atomic mass is 9.99. The number of fused-ring (bicyclic) bond motifs is 1. The van der Waals surface area contributed by atoms with E-state index in [1.165, 1.54) is 0 Å². The number of nitrogens with one attached hydrogen (secondary N) is 3. The molecule has 166 valence electrons. The molecule has 1 unspecified atom stereocenters. The van der Waals surface area contributed by atoms with E-state index in [1.54, 1.807) is 11.9 Å². The minimum atomic E-state index is -0.630. The third-order valence-corrected chi connectivity index (χ3v) is 5.80. The van der Waals surface area contributed by atoms with Gasteiger partial charge in [0.1, 0.15) is 12.1 Å². The molecule has 2 atom stereocenters. The molecule has 2 aromatic carbocycles. The smallest absolute Gasteiger partial charge is 0.251 e. The van der Waals surface area contributed by atoms with Gasteiger partial charge >= 0.3 is 0 Å². The Kier molecular flexibility index (Phi) is 6.69. The number of nitrogens with zero attached hydrogens (tertiary/aromatic N) is 2. The lowest BCUT2D eigenvalue weighted by molar-refractivity contribution is -0.132. The second-order valence-corrected chi connectivity index (χ2v) is 8.05. The van der Waals surface area contributed by atoms with Gasteiger partial charge in [0.15, 0.2) is 0 Å². The lowest BCUT2D eigenvalue weighted by Crippen LogP contribution is -2.46. The number of carbonyl (C=O) groups is 2. The predicted octanol–water partition coefficient (Wildman–Crippen LogP) is 1.67. The first kappa shape index (κ1) is 21.8. The minimum absolute atomic E-state index is 0.0274. The molecule has 1 fully saturated rings. The van der Waals surface area contributed by atoms with Crippen molar-refractivity contribution in [3.05, 3.63) is 48.0 Å². The second kappa shape index (κ2) is 9.81. The van der Waals surface area contributed by atoms with Crippen LogP contribution < -0.4 is 20.9 Å². The fourth-order valence-corrected chi connectivity index (χ4v) is 3.91. The van der Waals surface area contributed by atoms with Crippen molar-refractivity contribution in [2.45, 2.75) is 25.0 Å². The fraction of sp³-hybridized carbons (Fsp3) is 0.375. The van der Waals surface area contributed by atoms with Crippen LogP contribution in [-0.2, 0) is 20.7 Å². The number of ether oxygens (including phenoxy) is 1. The summed E-state index contributed by atoms with van der Waals surface area (Å²) in [4.78, 5) is 26.1. The number of likely N-dealkylation sites (N-methyl/N-ethyl adjacent to an activating group) is 1. The van der Waals surface area contributed by atoms with E-state index in [2.05, 4.69) is 22.0 Å². The number of amides is 2. The fourth-order valence-electron chi connectivity index (χ4n) is 3.91. The van der Waals surface area contributed by atoms with E-state index in [4.69, 9.17) is 4.74 Å². The highest BCUT2D eigenvalue weighted by molar-refractivity contribution is 6.03. The summed E-state index contributed by atoms with van der Waals surface area (Å²) in [5.74, 6) is -0.233. The van der Waals surface area contributed by atoms with E-state index in [9.17, 15) is 14.9 Å². The van der Waals surface area contributed by atoms with Crippen molar-refractivity contribution in [2.24, 2.45) is 0 Å². The van der Waals surface area contributed by atoms with Crippen molar-refractivity contribution in [1.29, 1.82) is 5.26 Å². The number of hydrogen-bond donors (Lipinski definition) is 3. The average Bonchev–Trinajstić information content (AvgIpc) is 3.11. The summed E-state index contributed by atoms with van der Waals surface area (Å²) in [6.45, 7) is 2.12. The molecular formula is C24H27N5O3. The molecule has 4 rings (SSSR count). The molecule has 2 aliphatic rings. The molecule has 2 amide bonds. The molecule has 0 aliphatic carbocycles. The molecule has 2 aliphatic heterocycles. The van der Waals surface area contributed by atoms with E-state index < -0.39 is 12.1 Å². The van der Waals surface area contributed by atoms with Crippen LogP contribution in [0.15, 0.2) is 42.5 Å². The molecular weight excluding hydrogens is 406 g/mol. The first-order valence-corrected chi connectivity index (χ1v) is 10.8. The first-order valence-electron chi connectivity index (χ1n) is 10.8. The number of rotatable bonds is 5. The quantitative estimate of drug-likeness (QED) is 0.662. The molecule has 0 aromatic heterocycles. The van der Waals surface area contributed by atoms with Gasteiger partial charge in [0.2, 0.25) is 5.91 Å². The Morgan fingerprint density at radius 1 is 1.28 bits per heavy atom. The highest BCUT2D eigenvalue weighted by Crippen LogP contribution is 2.33. The Balaban J connectivity index is 1.41. The molecule has 0 spiro atoms. The van der Waals surface area contributed by atoms with Gasteiger partial charge in [-0.1, -0.05) is 30.3 Å². The third-order valence-electron chi connectivity index (χ3n) is 5.80. The molecule has 8 heteroatoms. The van der Waals surface area contributed by atoms with Crippen molar-refractivity contribution in [1.82, 2.24) is 10.6 Å². The average molecular weight is 434 g/mol. The van der Waals surface area contributed by atoms with Crippen molar-refractivity contribution in [2.75, 3.05) is 43.5 Å². The van der Waals surface area contributed by atoms with Crippen LogP contribution in [0.2, 0.25) is 0 Å². The number of carbonyl (C=O) groups excluding carboxylic acids is 2. The van der Waals surface area contributed by atoms with E-state index in [0.717, 1.165) is 41.0 Å². The maximum atomic E-state index is 12.5. The summed E-state index contributed by atoms with van der Waals surface area (Å²) in [6.07, 6.45) is 0.707. The van der Waals surface area contributed by atoms with Crippen LogP contribution in [0.1, 0.15) is 12.0 Å². The molecule has 1 saturated heterocycles. The summed E-state index contributed by atoms with van der Waals surface area (Å²) in [5, 5.41) is 18.6. The summed E-state index contributed by atoms with van der Waals surface area (Å²) in [7, 11) is 1.78. The Labute approximate surface area is 187 Å². The molecule has 0 saturated carbocycles. The second-order valence-electron chi connectivity index (χ2n) is 8.05. The predicted molar refractivity (Wildman–Crippen MR) is 122 cm³/mol. The van der Waals surface area contributed by atoms with Crippen LogP contribution >= 0.6 is 0 Å². The van der Waals surface area contributed by atoms with Crippen LogP contribution in [0.3, 0.4) is 0 Å². The van der Waals surface area contributed by atoms with E-state index >= 15 is 0 Å². The largest absolute Gasteiger partial charge is 0.374 e. The number of nitriles is 1. The Morgan fingerprint density at radius 2 is 2.06 bits per heavy atom.